The van der Waals surface area contributed by atoms with E-state index in [-0.39, 0.29) is 43.8 Å². The largest absolute Gasteiger partial charge is 0.505 e. The highest BCUT2D eigenvalue weighted by molar-refractivity contribution is 7.95. The molecule has 5 aromatic carbocycles. The highest BCUT2D eigenvalue weighted by atomic mass is 32.2. The van der Waals surface area contributed by atoms with E-state index in [9.17, 15) is 31.0 Å². The van der Waals surface area contributed by atoms with Gasteiger partial charge in [-0.2, -0.15) is 16.8 Å². The van der Waals surface area contributed by atoms with Crippen LogP contribution in [0.1, 0.15) is 0 Å². The van der Waals surface area contributed by atoms with Crippen LogP contribution in [-0.2, 0) is 39.0 Å². The van der Waals surface area contributed by atoms with Gasteiger partial charge >= 0.3 is 0 Å². The summed E-state index contributed by atoms with van der Waals surface area (Å²) < 4.78 is 76.0. The van der Waals surface area contributed by atoms with Crippen molar-refractivity contribution in [1.82, 2.24) is 4.98 Å². The number of nitrogen functional groups attached to an aromatic ring is 1. The number of hydrogen-bond donors (Lipinski definition) is 6. The Kier molecular flexibility index (Phi) is 10.6. The number of benzene rings is 5. The fourth-order valence-corrected chi connectivity index (χ4v) is 6.97. The average molecular weight is 789 g/mol. The van der Waals surface area contributed by atoms with Crippen molar-refractivity contribution in [3.63, 3.8) is 0 Å². The summed E-state index contributed by atoms with van der Waals surface area (Å²) in [5.74, 6) is -0.573. The molecule has 0 aliphatic heterocycles. The number of nitrogens with zero attached hydrogens (tertiary/aromatic N) is 5. The molecule has 0 fully saturated rings. The van der Waals surface area contributed by atoms with E-state index in [1.165, 1.54) is 30.5 Å². The van der Waals surface area contributed by atoms with Crippen molar-refractivity contribution < 1.29 is 60.3 Å². The third-order valence-electron chi connectivity index (χ3n) is 7.18. The maximum absolute atomic E-state index is 12.1. The third kappa shape index (κ3) is 7.94. The molecule has 0 atom stereocenters. The molecule has 0 unspecified atom stereocenters. The van der Waals surface area contributed by atoms with Crippen LogP contribution in [0.5, 0.6) is 5.75 Å². The van der Waals surface area contributed by atoms with Crippen LogP contribution in [0.15, 0.2) is 119 Å². The van der Waals surface area contributed by atoms with Gasteiger partial charge in [-0.15, -0.1) is 29.1 Å². The summed E-state index contributed by atoms with van der Waals surface area (Å²) in [6, 6.07) is 16.7. The van der Waals surface area contributed by atoms with Crippen molar-refractivity contribution in [3.8, 4) is 5.75 Å². The number of pyridine rings is 1. The number of rotatable bonds is 12. The molecule has 0 spiro atoms. The van der Waals surface area contributed by atoms with E-state index in [0.717, 1.165) is 36.3 Å². The molecule has 1 aromatic heterocycles. The van der Waals surface area contributed by atoms with Crippen LogP contribution in [-0.4, -0.2) is 46.5 Å². The molecular weight excluding hydrogens is 769 g/mol. The molecule has 0 saturated heterocycles. The van der Waals surface area contributed by atoms with Crippen molar-refractivity contribution in [1.29, 1.82) is 0 Å². The first-order chi connectivity index (χ1) is 24.8. The minimum atomic E-state index is -4.74. The molecule has 7 N–H and O–H groups in total. The maximum Gasteiger partial charge on any atom is 0.296 e. The summed E-state index contributed by atoms with van der Waals surface area (Å²) in [7, 11) is -9.42. The molecule has 0 amide bonds. The highest BCUT2D eigenvalue weighted by Crippen LogP contribution is 2.46. The van der Waals surface area contributed by atoms with Crippen LogP contribution in [0.2, 0.25) is 0 Å². The zero-order valence-corrected chi connectivity index (χ0v) is 28.7. The summed E-state index contributed by atoms with van der Waals surface area (Å²) in [5.41, 5.74) is 6.40. The number of phenolic OH excluding ortho intramolecular Hbond substituents is 1. The second-order valence-electron chi connectivity index (χ2n) is 10.3. The molecule has 0 radical (unpaired) electrons. The van der Waals surface area contributed by atoms with Gasteiger partial charge in [0, 0.05) is 26.4 Å². The lowest BCUT2D eigenvalue weighted by atomic mass is 10.1. The normalized spacial score (nSPS) is 12.6. The number of phenols is 1. The monoisotopic (exact) mass is 788 g/mol. The number of azo groups is 2. The molecule has 52 heavy (non-hydrogen) atoms. The second kappa shape index (κ2) is 15.0. The van der Waals surface area contributed by atoms with Crippen LogP contribution in [0.4, 0.5) is 28.4 Å². The van der Waals surface area contributed by atoms with Gasteiger partial charge < -0.3 is 10.8 Å². The summed E-state index contributed by atoms with van der Waals surface area (Å²) in [6.45, 7) is 0. The predicted molar refractivity (Wildman–Crippen MR) is 185 cm³/mol. The van der Waals surface area contributed by atoms with Gasteiger partial charge in [0.05, 0.1) is 62.7 Å². The van der Waals surface area contributed by atoms with Crippen LogP contribution in [0.3, 0.4) is 0 Å². The number of aromatic nitrogens is 1. The topological polar surface area (TPSA) is 295 Å². The smallest absolute Gasteiger partial charge is 0.296 e. The van der Waals surface area contributed by atoms with Crippen molar-refractivity contribution in [2.24, 2.45) is 20.5 Å². The van der Waals surface area contributed by atoms with E-state index in [1.54, 1.807) is 24.3 Å². The van der Waals surface area contributed by atoms with Crippen LogP contribution < -0.4 is 5.73 Å². The van der Waals surface area contributed by atoms with E-state index in [0.29, 0.717) is 38.9 Å². The van der Waals surface area contributed by atoms with E-state index in [2.05, 4.69) is 44.2 Å². The van der Waals surface area contributed by atoms with Gasteiger partial charge in [-0.25, -0.2) is 10.5 Å². The first-order valence-corrected chi connectivity index (χ1v) is 18.3. The van der Waals surface area contributed by atoms with Crippen molar-refractivity contribution in [2.75, 3.05) is 5.73 Å². The quantitative estimate of drug-likeness (QED) is 0.0171. The summed E-state index contributed by atoms with van der Waals surface area (Å²) in [4.78, 5) is 3.77. The SMILES string of the molecule is Nc1cc2c(O)c(N=Nc3ccc(N=Nc4cnc5ccc(SOOO)cc5c4)c4ccc(S(=O)(=O)O)cc34)c(SOOO)cc2cc1S(=O)(=O)O. The molecule has 0 aliphatic rings. The molecule has 0 saturated carbocycles. The number of anilines is 1. The lowest BCUT2D eigenvalue weighted by molar-refractivity contribution is -0.432. The average Bonchev–Trinajstić information content (AvgIpc) is 3.11. The van der Waals surface area contributed by atoms with Crippen LogP contribution in [0.25, 0.3) is 32.4 Å². The molecule has 268 valence electrons. The standard InChI is InChI=1S/C29H20N6O13S4/c30-22-12-20-14(10-27(22)52(42,43)44)9-26(50-48-46-38)28(29(20)36)35-34-25-6-5-24(19-3-2-18(11-21(19)25)51(39,40)41)33-32-16-7-15-8-17(49-47-45-37)1-4-23(15)31-13-16/h1-13,36-38H,30H2,(H,39,40,41)(H,42,43,44). The van der Waals surface area contributed by atoms with Crippen molar-refractivity contribution >= 4 is 105 Å². The van der Waals surface area contributed by atoms with Gasteiger partial charge in [-0.3, -0.25) is 14.1 Å². The van der Waals surface area contributed by atoms with Gasteiger partial charge in [-0.1, -0.05) is 16.1 Å². The number of aromatic hydroxyl groups is 1. The zero-order valence-electron chi connectivity index (χ0n) is 25.5. The lowest BCUT2D eigenvalue weighted by Gasteiger charge is -2.11. The molecule has 6 rings (SSSR count). The Bertz CT molecular complexity index is 2660. The highest BCUT2D eigenvalue weighted by Gasteiger charge is 2.21. The number of fused-ring (bicyclic) bond motifs is 3. The third-order valence-corrected chi connectivity index (χ3v) is 10.1. The number of nitrogens with two attached hydrogens (primary N) is 1. The Hall–Kier alpha value is -4.89. The Morgan fingerprint density at radius 2 is 1.40 bits per heavy atom. The summed E-state index contributed by atoms with van der Waals surface area (Å²) in [5, 5.41) is 53.7. The van der Waals surface area contributed by atoms with Crippen molar-refractivity contribution in [3.05, 3.63) is 79.0 Å². The molecule has 6 aromatic rings. The Morgan fingerprint density at radius 1 is 0.692 bits per heavy atom. The van der Waals surface area contributed by atoms with Gasteiger partial charge in [0.25, 0.3) is 20.2 Å². The summed E-state index contributed by atoms with van der Waals surface area (Å²) >= 11 is 1.12. The molecule has 0 aliphatic carbocycles. The number of hydrogen-bond acceptors (Lipinski definition) is 19. The van der Waals surface area contributed by atoms with Gasteiger partial charge in [0.1, 0.15) is 16.3 Å². The molecule has 0 bridgehead atoms. The van der Waals surface area contributed by atoms with Crippen LogP contribution in [0, 0.1) is 0 Å². The molecular formula is C29H20N6O13S4. The Labute approximate surface area is 300 Å². The first kappa shape index (κ1) is 36.9. The molecule has 19 nitrogen and oxygen atoms in total. The van der Waals surface area contributed by atoms with Gasteiger partial charge in [-0.05, 0) is 72.1 Å². The second-order valence-corrected chi connectivity index (χ2v) is 14.7. The van der Waals surface area contributed by atoms with Crippen molar-refractivity contribution in [2.45, 2.75) is 19.6 Å². The minimum Gasteiger partial charge on any atom is -0.505 e. The van der Waals surface area contributed by atoms with Gasteiger partial charge in [0.2, 0.25) is 0 Å². The summed E-state index contributed by atoms with van der Waals surface area (Å²) in [6.07, 6.45) is 1.47. The van der Waals surface area contributed by atoms with E-state index < -0.39 is 35.8 Å². The Balaban J connectivity index is 1.44. The first-order valence-electron chi connectivity index (χ1n) is 13.9. The molecule has 23 heteroatoms. The van der Waals surface area contributed by atoms with E-state index in [1.807, 2.05) is 0 Å². The van der Waals surface area contributed by atoms with E-state index in [4.69, 9.17) is 16.2 Å². The zero-order chi connectivity index (χ0) is 37.2. The lowest BCUT2D eigenvalue weighted by Crippen LogP contribution is -2.03. The van der Waals surface area contributed by atoms with Crippen LogP contribution >= 0.6 is 24.1 Å². The maximum atomic E-state index is 12.1. The molecule has 1 heterocycles. The predicted octanol–water partition coefficient (Wildman–Crippen LogP) is 8.01. The van der Waals surface area contributed by atoms with E-state index >= 15 is 0 Å². The Morgan fingerprint density at radius 3 is 2.12 bits per heavy atom. The van der Waals surface area contributed by atoms with Gasteiger partial charge in [0.15, 0.2) is 5.75 Å². The fourth-order valence-electron chi connectivity index (χ4n) is 4.93. The fraction of sp³-hybridized carbons (Fsp3) is 0. The minimum absolute atomic E-state index is 0.00642.